The average molecular weight is 452 g/mol. The van der Waals surface area contributed by atoms with Crippen LogP contribution >= 0.6 is 23.2 Å². The van der Waals surface area contributed by atoms with Gasteiger partial charge in [-0.15, -0.1) is 0 Å². The highest BCUT2D eigenvalue weighted by Crippen LogP contribution is 2.43. The molecule has 4 nitrogen and oxygen atoms in total. The van der Waals surface area contributed by atoms with Gasteiger partial charge in [-0.05, 0) is 42.3 Å². The molecule has 156 valence electrons. The summed E-state index contributed by atoms with van der Waals surface area (Å²) in [5.74, 6) is 1.59. The molecule has 0 atom stereocenters. The van der Waals surface area contributed by atoms with Crippen molar-refractivity contribution in [1.82, 2.24) is 4.90 Å². The smallest absolute Gasteiger partial charge is 0.231 e. The van der Waals surface area contributed by atoms with Crippen LogP contribution in [0.3, 0.4) is 0 Å². The number of hydrogen-bond donors (Lipinski definition) is 0. The van der Waals surface area contributed by atoms with E-state index in [1.54, 1.807) is 12.1 Å². The van der Waals surface area contributed by atoms with Crippen LogP contribution in [0.4, 0.5) is 0 Å². The SMILES string of the molecule is Cc1c2c(cc3c1O/C(=C\c1ccccc1)C3=O)CN(Cc1ccc(Cl)cc1Cl)CO2. The highest BCUT2D eigenvalue weighted by molar-refractivity contribution is 6.35. The van der Waals surface area contributed by atoms with Gasteiger partial charge in [0.25, 0.3) is 0 Å². The van der Waals surface area contributed by atoms with Gasteiger partial charge in [0.15, 0.2) is 5.76 Å². The summed E-state index contributed by atoms with van der Waals surface area (Å²) in [6.07, 6.45) is 1.77. The Kier molecular flexibility index (Phi) is 5.22. The number of ether oxygens (including phenoxy) is 2. The number of hydrogen-bond acceptors (Lipinski definition) is 4. The molecule has 0 saturated heterocycles. The zero-order valence-corrected chi connectivity index (χ0v) is 18.3. The summed E-state index contributed by atoms with van der Waals surface area (Å²) >= 11 is 12.3. The molecule has 0 radical (unpaired) electrons. The van der Waals surface area contributed by atoms with Crippen LogP contribution in [0.2, 0.25) is 10.0 Å². The molecule has 0 fully saturated rings. The molecule has 0 aromatic heterocycles. The zero-order valence-electron chi connectivity index (χ0n) is 16.8. The molecule has 5 rings (SSSR count). The van der Waals surface area contributed by atoms with Crippen LogP contribution in [-0.4, -0.2) is 17.4 Å². The van der Waals surface area contributed by atoms with Gasteiger partial charge in [-0.1, -0.05) is 59.6 Å². The minimum absolute atomic E-state index is 0.109. The van der Waals surface area contributed by atoms with Crippen molar-refractivity contribution in [3.63, 3.8) is 0 Å². The van der Waals surface area contributed by atoms with Crippen molar-refractivity contribution in [1.29, 1.82) is 0 Å². The lowest BCUT2D eigenvalue weighted by molar-refractivity contribution is 0.0877. The van der Waals surface area contributed by atoms with Crippen molar-refractivity contribution in [3.05, 3.63) is 98.2 Å². The molecule has 2 aliphatic heterocycles. The van der Waals surface area contributed by atoms with E-state index in [-0.39, 0.29) is 5.78 Å². The summed E-state index contributed by atoms with van der Waals surface area (Å²) in [5, 5.41) is 1.24. The number of carbonyl (C=O) groups is 1. The van der Waals surface area contributed by atoms with Gasteiger partial charge in [-0.2, -0.15) is 0 Å². The van der Waals surface area contributed by atoms with Crippen LogP contribution in [0, 0.1) is 6.92 Å². The van der Waals surface area contributed by atoms with Crippen molar-refractivity contribution >= 4 is 35.1 Å². The third-order valence-corrected chi connectivity index (χ3v) is 6.10. The highest BCUT2D eigenvalue weighted by atomic mass is 35.5. The van der Waals surface area contributed by atoms with E-state index in [9.17, 15) is 4.79 Å². The Bertz CT molecular complexity index is 1220. The lowest BCUT2D eigenvalue weighted by Gasteiger charge is -2.30. The molecule has 31 heavy (non-hydrogen) atoms. The Morgan fingerprint density at radius 1 is 1.06 bits per heavy atom. The topological polar surface area (TPSA) is 38.8 Å². The second-order valence-electron chi connectivity index (χ2n) is 7.71. The first-order valence-electron chi connectivity index (χ1n) is 9.94. The number of nitrogens with zero attached hydrogens (tertiary/aromatic N) is 1. The molecule has 2 aliphatic rings. The fourth-order valence-corrected chi connectivity index (χ4v) is 4.46. The van der Waals surface area contributed by atoms with Gasteiger partial charge in [-0.3, -0.25) is 9.69 Å². The summed E-state index contributed by atoms with van der Waals surface area (Å²) < 4.78 is 12.0. The maximum absolute atomic E-state index is 13.0. The van der Waals surface area contributed by atoms with E-state index in [1.165, 1.54) is 0 Å². The summed E-state index contributed by atoms with van der Waals surface area (Å²) in [5.41, 5.74) is 4.28. The summed E-state index contributed by atoms with van der Waals surface area (Å²) in [7, 11) is 0. The number of allylic oxidation sites excluding steroid dienone is 1. The molecule has 3 aromatic carbocycles. The van der Waals surface area contributed by atoms with E-state index in [0.29, 0.717) is 46.9 Å². The molecular weight excluding hydrogens is 433 g/mol. The first-order chi connectivity index (χ1) is 15.0. The molecule has 3 aromatic rings. The Morgan fingerprint density at radius 3 is 2.65 bits per heavy atom. The maximum atomic E-state index is 13.0. The third kappa shape index (κ3) is 3.83. The molecule has 0 unspecified atom stereocenters. The Hall–Kier alpha value is -2.79. The van der Waals surface area contributed by atoms with Gasteiger partial charge in [-0.25, -0.2) is 0 Å². The molecule has 0 saturated carbocycles. The third-order valence-electron chi connectivity index (χ3n) is 5.51. The van der Waals surface area contributed by atoms with Crippen molar-refractivity contribution in [2.45, 2.75) is 20.0 Å². The second kappa shape index (κ2) is 8.04. The number of ketones is 1. The first kappa shape index (κ1) is 20.1. The Balaban J connectivity index is 1.42. The molecule has 0 N–H and O–H groups in total. The predicted octanol–water partition coefficient (Wildman–Crippen LogP) is 6.27. The van der Waals surface area contributed by atoms with Crippen LogP contribution in [-0.2, 0) is 13.1 Å². The van der Waals surface area contributed by atoms with Crippen LogP contribution in [0.5, 0.6) is 11.5 Å². The highest BCUT2D eigenvalue weighted by Gasteiger charge is 2.33. The first-order valence-corrected chi connectivity index (χ1v) is 10.7. The van der Waals surface area contributed by atoms with Crippen LogP contribution < -0.4 is 9.47 Å². The summed E-state index contributed by atoms with van der Waals surface area (Å²) in [6, 6.07) is 17.1. The number of halogens is 2. The fraction of sp³-hybridized carbons (Fsp3) is 0.160. The molecule has 0 amide bonds. The lowest BCUT2D eigenvalue weighted by atomic mass is 10.00. The largest absolute Gasteiger partial charge is 0.477 e. The number of Topliss-reactive ketones (excluding diaryl/α,β-unsaturated/α-hetero) is 1. The van der Waals surface area contributed by atoms with E-state index in [4.69, 9.17) is 32.7 Å². The van der Waals surface area contributed by atoms with Crippen LogP contribution in [0.25, 0.3) is 6.08 Å². The van der Waals surface area contributed by atoms with Gasteiger partial charge in [0.1, 0.15) is 18.2 Å². The summed E-state index contributed by atoms with van der Waals surface area (Å²) in [4.78, 5) is 15.1. The fourth-order valence-electron chi connectivity index (χ4n) is 3.99. The van der Waals surface area contributed by atoms with E-state index in [1.807, 2.05) is 55.5 Å². The minimum atomic E-state index is -0.109. The van der Waals surface area contributed by atoms with Crippen LogP contribution in [0.1, 0.15) is 32.6 Å². The average Bonchev–Trinajstić information content (AvgIpc) is 3.07. The number of rotatable bonds is 3. The van der Waals surface area contributed by atoms with Crippen molar-refractivity contribution in [2.75, 3.05) is 6.73 Å². The quantitative estimate of drug-likeness (QED) is 0.439. The van der Waals surface area contributed by atoms with Gasteiger partial charge in [0.2, 0.25) is 5.78 Å². The Morgan fingerprint density at radius 2 is 1.87 bits per heavy atom. The van der Waals surface area contributed by atoms with E-state index < -0.39 is 0 Å². The number of fused-ring (bicyclic) bond motifs is 2. The molecular formula is C25H19Cl2NO3. The van der Waals surface area contributed by atoms with E-state index in [0.717, 1.165) is 28.0 Å². The normalized spacial score (nSPS) is 16.6. The van der Waals surface area contributed by atoms with E-state index >= 15 is 0 Å². The lowest BCUT2D eigenvalue weighted by Crippen LogP contribution is -2.32. The van der Waals surface area contributed by atoms with Crippen LogP contribution in [0.15, 0.2) is 60.4 Å². The molecule has 0 aliphatic carbocycles. The zero-order chi connectivity index (χ0) is 21.5. The van der Waals surface area contributed by atoms with Crippen molar-refractivity contribution < 1.29 is 14.3 Å². The van der Waals surface area contributed by atoms with Gasteiger partial charge >= 0.3 is 0 Å². The molecule has 6 heteroatoms. The molecule has 0 bridgehead atoms. The predicted molar refractivity (Wildman–Crippen MR) is 122 cm³/mol. The van der Waals surface area contributed by atoms with E-state index in [2.05, 4.69) is 4.90 Å². The molecule has 2 heterocycles. The van der Waals surface area contributed by atoms with Gasteiger partial charge in [0, 0.05) is 34.3 Å². The second-order valence-corrected chi connectivity index (χ2v) is 8.56. The van der Waals surface area contributed by atoms with Crippen molar-refractivity contribution in [2.24, 2.45) is 0 Å². The van der Waals surface area contributed by atoms with Gasteiger partial charge < -0.3 is 9.47 Å². The number of benzene rings is 3. The summed E-state index contributed by atoms with van der Waals surface area (Å²) in [6.45, 7) is 3.62. The Labute approximate surface area is 190 Å². The van der Waals surface area contributed by atoms with Crippen molar-refractivity contribution in [3.8, 4) is 11.5 Å². The van der Waals surface area contributed by atoms with Gasteiger partial charge in [0.05, 0.1) is 5.56 Å². The monoisotopic (exact) mass is 451 g/mol. The minimum Gasteiger partial charge on any atom is -0.477 e. The number of carbonyl (C=O) groups excluding carboxylic acids is 1. The molecule has 0 spiro atoms. The maximum Gasteiger partial charge on any atom is 0.231 e. The standard InChI is InChI=1S/C25H19Cl2NO3/c1-15-24-18(13-28(14-30-24)12-17-7-8-19(26)11-21(17)27)10-20-23(29)22(31-25(15)20)9-16-5-3-2-4-6-16/h2-11H,12-14H2,1H3/b22-9-.